The zero-order valence-corrected chi connectivity index (χ0v) is 17.7. The van der Waals surface area contributed by atoms with Crippen molar-refractivity contribution in [1.82, 2.24) is 4.90 Å². The van der Waals surface area contributed by atoms with Gasteiger partial charge in [-0.2, -0.15) is 0 Å². The first-order chi connectivity index (χ1) is 14.1. The van der Waals surface area contributed by atoms with Crippen LogP contribution in [-0.2, 0) is 4.74 Å². The number of benzene rings is 1. The maximum Gasteiger partial charge on any atom is 0.291 e. The van der Waals surface area contributed by atoms with E-state index in [4.69, 9.17) is 9.15 Å². The van der Waals surface area contributed by atoms with Gasteiger partial charge in [-0.25, -0.2) is 0 Å². The van der Waals surface area contributed by atoms with Gasteiger partial charge in [0.05, 0.1) is 24.6 Å². The summed E-state index contributed by atoms with van der Waals surface area (Å²) in [5.74, 6) is -0.0874. The summed E-state index contributed by atoms with van der Waals surface area (Å²) in [5, 5.41) is 2.94. The molecule has 0 spiro atoms. The molecule has 154 valence electrons. The lowest BCUT2D eigenvalue weighted by molar-refractivity contribution is 0.0303. The number of rotatable bonds is 4. The summed E-state index contributed by atoms with van der Waals surface area (Å²) in [5.41, 5.74) is 2.19. The lowest BCUT2D eigenvalue weighted by Gasteiger charge is -2.31. The number of nitrogens with zero attached hydrogens (tertiary/aromatic N) is 2. The summed E-state index contributed by atoms with van der Waals surface area (Å²) in [6, 6.07) is 8.80. The van der Waals surface area contributed by atoms with E-state index in [1.165, 1.54) is 6.42 Å². The van der Waals surface area contributed by atoms with Gasteiger partial charge in [-0.1, -0.05) is 0 Å². The van der Waals surface area contributed by atoms with Crippen molar-refractivity contribution in [1.29, 1.82) is 0 Å². The topological polar surface area (TPSA) is 75.0 Å². The minimum absolute atomic E-state index is 0.000555. The van der Waals surface area contributed by atoms with E-state index < -0.39 is 0 Å². The number of nitrogens with one attached hydrogen (secondary N) is 1. The molecule has 0 aliphatic carbocycles. The molecule has 2 fully saturated rings. The second-order valence-electron chi connectivity index (χ2n) is 7.24. The third-order valence-electron chi connectivity index (χ3n) is 5.28. The Labute approximate surface area is 178 Å². The fraction of sp³-hybridized carbons (Fsp3) is 0.429. The number of carbonyl (C=O) groups is 2. The maximum absolute atomic E-state index is 12.9. The van der Waals surface area contributed by atoms with Crippen molar-refractivity contribution in [2.45, 2.75) is 19.3 Å². The van der Waals surface area contributed by atoms with Crippen LogP contribution in [0.1, 0.15) is 40.2 Å². The molecule has 2 amide bonds. The van der Waals surface area contributed by atoms with Crippen LogP contribution in [0.5, 0.6) is 0 Å². The number of amides is 2. The SMILES string of the molecule is O=C(Nc1ccc(C(=O)N2CCOCC2)cc1N1CCCCC1)c1ccc(Br)o1. The highest BCUT2D eigenvalue weighted by molar-refractivity contribution is 9.10. The predicted octanol–water partition coefficient (Wildman–Crippen LogP) is 3.76. The molecule has 0 atom stereocenters. The lowest BCUT2D eigenvalue weighted by atomic mass is 10.1. The molecule has 0 radical (unpaired) electrons. The van der Waals surface area contributed by atoms with Gasteiger partial charge in [0.2, 0.25) is 0 Å². The van der Waals surface area contributed by atoms with Crippen LogP contribution in [-0.4, -0.2) is 56.1 Å². The fourth-order valence-electron chi connectivity index (χ4n) is 3.74. The van der Waals surface area contributed by atoms with Crippen LogP contribution in [0.15, 0.2) is 39.4 Å². The van der Waals surface area contributed by atoms with Gasteiger partial charge < -0.3 is 24.3 Å². The number of hydrogen-bond donors (Lipinski definition) is 1. The van der Waals surface area contributed by atoms with Gasteiger partial charge in [-0.05, 0) is 65.5 Å². The molecule has 0 unspecified atom stereocenters. The monoisotopic (exact) mass is 461 g/mol. The summed E-state index contributed by atoms with van der Waals surface area (Å²) in [4.78, 5) is 29.6. The number of halogens is 1. The summed E-state index contributed by atoms with van der Waals surface area (Å²) in [6.07, 6.45) is 3.39. The van der Waals surface area contributed by atoms with Crippen LogP contribution in [0.25, 0.3) is 0 Å². The van der Waals surface area contributed by atoms with Crippen molar-refractivity contribution in [2.24, 2.45) is 0 Å². The molecule has 2 aliphatic rings. The number of furan rings is 1. The molecule has 29 heavy (non-hydrogen) atoms. The number of ether oxygens (including phenoxy) is 1. The first kappa shape index (κ1) is 20.0. The molecule has 7 nitrogen and oxygen atoms in total. The molecule has 1 aromatic heterocycles. The van der Waals surface area contributed by atoms with E-state index in [2.05, 4.69) is 26.1 Å². The van der Waals surface area contributed by atoms with E-state index in [-0.39, 0.29) is 17.6 Å². The Balaban J connectivity index is 1.61. The smallest absolute Gasteiger partial charge is 0.291 e. The first-order valence-electron chi connectivity index (χ1n) is 9.94. The molecule has 0 saturated carbocycles. The average molecular weight is 462 g/mol. The third-order valence-corrected chi connectivity index (χ3v) is 5.71. The van der Waals surface area contributed by atoms with Gasteiger partial charge >= 0.3 is 0 Å². The van der Waals surface area contributed by atoms with Crippen molar-refractivity contribution in [2.75, 3.05) is 49.6 Å². The Morgan fingerprint density at radius 3 is 2.41 bits per heavy atom. The largest absolute Gasteiger partial charge is 0.444 e. The van der Waals surface area contributed by atoms with Crippen LogP contribution in [0.4, 0.5) is 11.4 Å². The molecular formula is C21H24BrN3O4. The number of piperidine rings is 1. The Bertz CT molecular complexity index is 886. The standard InChI is InChI=1S/C21H24BrN3O4/c22-19-7-6-18(29-19)20(26)23-16-5-4-15(21(27)25-10-12-28-13-11-25)14-17(16)24-8-2-1-3-9-24/h4-7,14H,1-3,8-13H2,(H,23,26). The molecular weight excluding hydrogens is 438 g/mol. The van der Waals surface area contributed by atoms with Crippen LogP contribution in [0, 0.1) is 0 Å². The van der Waals surface area contributed by atoms with Gasteiger partial charge in [-0.3, -0.25) is 9.59 Å². The second kappa shape index (κ2) is 9.00. The molecule has 4 rings (SSSR count). The molecule has 2 saturated heterocycles. The Hall–Kier alpha value is -2.32. The molecule has 1 N–H and O–H groups in total. The first-order valence-corrected chi connectivity index (χ1v) is 10.7. The zero-order valence-electron chi connectivity index (χ0n) is 16.2. The Morgan fingerprint density at radius 2 is 1.72 bits per heavy atom. The van der Waals surface area contributed by atoms with Crippen molar-refractivity contribution in [3.05, 3.63) is 46.3 Å². The minimum atomic E-state index is -0.318. The average Bonchev–Trinajstić information content (AvgIpc) is 3.21. The van der Waals surface area contributed by atoms with Crippen molar-refractivity contribution in [3.63, 3.8) is 0 Å². The summed E-state index contributed by atoms with van der Waals surface area (Å²) in [7, 11) is 0. The van der Waals surface area contributed by atoms with E-state index >= 15 is 0 Å². The van der Waals surface area contributed by atoms with Crippen molar-refractivity contribution in [3.8, 4) is 0 Å². The quantitative estimate of drug-likeness (QED) is 0.749. The number of morpholine rings is 1. The lowest BCUT2D eigenvalue weighted by Crippen LogP contribution is -2.40. The highest BCUT2D eigenvalue weighted by Gasteiger charge is 2.23. The van der Waals surface area contributed by atoms with E-state index in [0.29, 0.717) is 42.2 Å². The number of anilines is 2. The maximum atomic E-state index is 12.9. The summed E-state index contributed by atoms with van der Waals surface area (Å²) < 4.78 is 11.2. The van der Waals surface area contributed by atoms with Gasteiger partial charge in [0.15, 0.2) is 10.4 Å². The van der Waals surface area contributed by atoms with Crippen LogP contribution >= 0.6 is 15.9 Å². The number of hydrogen-bond acceptors (Lipinski definition) is 5. The van der Waals surface area contributed by atoms with E-state index in [1.807, 2.05) is 17.0 Å². The Kier molecular flexibility index (Phi) is 6.20. The van der Waals surface area contributed by atoms with Crippen molar-refractivity contribution >= 4 is 39.1 Å². The third kappa shape index (κ3) is 4.64. The van der Waals surface area contributed by atoms with E-state index in [9.17, 15) is 9.59 Å². The fourth-order valence-corrected chi connectivity index (χ4v) is 4.04. The van der Waals surface area contributed by atoms with Crippen LogP contribution in [0.3, 0.4) is 0 Å². The van der Waals surface area contributed by atoms with E-state index in [0.717, 1.165) is 31.6 Å². The molecule has 2 aromatic rings. The zero-order chi connectivity index (χ0) is 20.2. The molecule has 3 heterocycles. The van der Waals surface area contributed by atoms with Gasteiger partial charge in [0.25, 0.3) is 11.8 Å². The molecule has 2 aliphatic heterocycles. The molecule has 0 bridgehead atoms. The van der Waals surface area contributed by atoms with Crippen LogP contribution < -0.4 is 10.2 Å². The normalized spacial score (nSPS) is 17.3. The molecule has 8 heteroatoms. The van der Waals surface area contributed by atoms with Crippen LogP contribution in [0.2, 0.25) is 0 Å². The van der Waals surface area contributed by atoms with Gasteiger partial charge in [-0.15, -0.1) is 0 Å². The predicted molar refractivity (Wildman–Crippen MR) is 114 cm³/mol. The second-order valence-corrected chi connectivity index (χ2v) is 8.02. The van der Waals surface area contributed by atoms with Gasteiger partial charge in [0, 0.05) is 31.7 Å². The minimum Gasteiger partial charge on any atom is -0.444 e. The molecule has 1 aromatic carbocycles. The highest BCUT2D eigenvalue weighted by Crippen LogP contribution is 2.31. The summed E-state index contributed by atoms with van der Waals surface area (Å²) in [6.45, 7) is 4.15. The van der Waals surface area contributed by atoms with E-state index in [1.54, 1.807) is 18.2 Å². The highest BCUT2D eigenvalue weighted by atomic mass is 79.9. The Morgan fingerprint density at radius 1 is 0.966 bits per heavy atom. The summed E-state index contributed by atoms with van der Waals surface area (Å²) >= 11 is 3.22. The van der Waals surface area contributed by atoms with Crippen molar-refractivity contribution < 1.29 is 18.7 Å². The van der Waals surface area contributed by atoms with Gasteiger partial charge in [0.1, 0.15) is 0 Å². The number of carbonyl (C=O) groups excluding carboxylic acids is 2.